The molecule has 94 valence electrons. The van der Waals surface area contributed by atoms with E-state index >= 15 is 0 Å². The molecule has 1 heterocycles. The van der Waals surface area contributed by atoms with E-state index in [0.717, 1.165) is 17.3 Å². The van der Waals surface area contributed by atoms with Gasteiger partial charge in [-0.05, 0) is 30.7 Å². The molecule has 3 nitrogen and oxygen atoms in total. The van der Waals surface area contributed by atoms with Gasteiger partial charge in [-0.1, -0.05) is 13.0 Å². The first kappa shape index (κ1) is 12.8. The second kappa shape index (κ2) is 5.83. The summed E-state index contributed by atoms with van der Waals surface area (Å²) < 4.78 is 0. The second-order valence-corrected chi connectivity index (χ2v) is 4.45. The molecule has 0 spiro atoms. The first-order chi connectivity index (χ1) is 8.74. The van der Waals surface area contributed by atoms with E-state index in [9.17, 15) is 4.79 Å². The maximum Gasteiger partial charge on any atom is 0.251 e. The first-order valence-electron chi connectivity index (χ1n) is 5.96. The van der Waals surface area contributed by atoms with Crippen molar-refractivity contribution in [2.75, 3.05) is 5.88 Å². The molecule has 0 bridgehead atoms. The molecule has 18 heavy (non-hydrogen) atoms. The average Bonchev–Trinajstić information content (AvgIpc) is 2.44. The van der Waals surface area contributed by atoms with Gasteiger partial charge in [0.2, 0.25) is 0 Å². The number of aromatic nitrogens is 1. The Hall–Kier alpha value is -1.61. The molecule has 1 aromatic heterocycles. The van der Waals surface area contributed by atoms with E-state index in [1.54, 1.807) is 12.3 Å². The van der Waals surface area contributed by atoms with Crippen LogP contribution in [0.5, 0.6) is 0 Å². The molecule has 1 amide bonds. The van der Waals surface area contributed by atoms with Crippen molar-refractivity contribution in [1.82, 2.24) is 10.3 Å². The number of amides is 1. The third kappa shape index (κ3) is 2.79. The molecule has 1 N–H and O–H groups in total. The summed E-state index contributed by atoms with van der Waals surface area (Å²) >= 11 is 5.77. The van der Waals surface area contributed by atoms with Crippen molar-refractivity contribution in [1.29, 1.82) is 0 Å². The molecule has 2 aromatic rings. The Morgan fingerprint density at radius 3 is 3.00 bits per heavy atom. The normalized spacial score (nSPS) is 12.3. The SMILES string of the molecule is CCC(CCl)NC(=O)c1ccc2ncccc2c1. The van der Waals surface area contributed by atoms with E-state index in [1.807, 2.05) is 31.2 Å². The van der Waals surface area contributed by atoms with Crippen LogP contribution in [0.3, 0.4) is 0 Å². The molecule has 1 atom stereocenters. The number of hydrogen-bond acceptors (Lipinski definition) is 2. The van der Waals surface area contributed by atoms with Crippen molar-refractivity contribution in [2.45, 2.75) is 19.4 Å². The lowest BCUT2D eigenvalue weighted by molar-refractivity contribution is 0.0940. The van der Waals surface area contributed by atoms with Crippen LogP contribution < -0.4 is 5.32 Å². The van der Waals surface area contributed by atoms with Gasteiger partial charge in [-0.15, -0.1) is 11.6 Å². The molecule has 0 fully saturated rings. The van der Waals surface area contributed by atoms with Crippen LogP contribution in [0, 0.1) is 0 Å². The number of carbonyl (C=O) groups excluding carboxylic acids is 1. The summed E-state index contributed by atoms with van der Waals surface area (Å²) in [6.07, 6.45) is 2.56. The number of carbonyl (C=O) groups is 1. The minimum atomic E-state index is -0.0896. The Bertz CT molecular complexity index is 552. The molecule has 1 aromatic carbocycles. The lowest BCUT2D eigenvalue weighted by atomic mass is 10.1. The third-order valence-electron chi connectivity index (χ3n) is 2.88. The van der Waals surface area contributed by atoms with Crippen molar-refractivity contribution in [2.24, 2.45) is 0 Å². The molecule has 1 unspecified atom stereocenters. The fourth-order valence-corrected chi connectivity index (χ4v) is 2.03. The summed E-state index contributed by atoms with van der Waals surface area (Å²) in [4.78, 5) is 16.2. The number of halogens is 1. The minimum Gasteiger partial charge on any atom is -0.348 e. The Labute approximate surface area is 111 Å². The van der Waals surface area contributed by atoms with Crippen LogP contribution in [0.4, 0.5) is 0 Å². The zero-order valence-electron chi connectivity index (χ0n) is 10.2. The summed E-state index contributed by atoms with van der Waals surface area (Å²) in [5, 5.41) is 3.87. The van der Waals surface area contributed by atoms with Crippen LogP contribution in [0.2, 0.25) is 0 Å². The van der Waals surface area contributed by atoms with Crippen molar-refractivity contribution in [3.63, 3.8) is 0 Å². The van der Waals surface area contributed by atoms with Crippen LogP contribution >= 0.6 is 11.6 Å². The topological polar surface area (TPSA) is 42.0 Å². The van der Waals surface area contributed by atoms with Gasteiger partial charge in [0.1, 0.15) is 0 Å². The zero-order chi connectivity index (χ0) is 13.0. The number of hydrogen-bond donors (Lipinski definition) is 1. The minimum absolute atomic E-state index is 0.0174. The average molecular weight is 263 g/mol. The van der Waals surface area contributed by atoms with Crippen molar-refractivity contribution in [3.8, 4) is 0 Å². The van der Waals surface area contributed by atoms with Crippen LogP contribution in [0.25, 0.3) is 10.9 Å². The van der Waals surface area contributed by atoms with Crippen LogP contribution in [-0.4, -0.2) is 22.8 Å². The van der Waals surface area contributed by atoms with Gasteiger partial charge in [-0.2, -0.15) is 0 Å². The number of benzene rings is 1. The quantitative estimate of drug-likeness (QED) is 0.861. The summed E-state index contributed by atoms with van der Waals surface area (Å²) in [5.41, 5.74) is 1.53. The highest BCUT2D eigenvalue weighted by Gasteiger charge is 2.11. The Balaban J connectivity index is 2.22. The van der Waals surface area contributed by atoms with E-state index in [2.05, 4.69) is 10.3 Å². The number of fused-ring (bicyclic) bond motifs is 1. The van der Waals surface area contributed by atoms with Gasteiger partial charge in [-0.3, -0.25) is 9.78 Å². The van der Waals surface area contributed by atoms with Gasteiger partial charge >= 0.3 is 0 Å². The van der Waals surface area contributed by atoms with Gasteiger partial charge in [0.05, 0.1) is 5.52 Å². The van der Waals surface area contributed by atoms with Gasteiger partial charge in [0.15, 0.2) is 0 Å². The third-order valence-corrected chi connectivity index (χ3v) is 3.25. The molecule has 0 saturated carbocycles. The van der Waals surface area contributed by atoms with Crippen LogP contribution in [0.15, 0.2) is 36.5 Å². The lowest BCUT2D eigenvalue weighted by Gasteiger charge is -2.13. The molecule has 0 aliphatic rings. The van der Waals surface area contributed by atoms with E-state index in [4.69, 9.17) is 11.6 Å². The van der Waals surface area contributed by atoms with E-state index in [-0.39, 0.29) is 11.9 Å². The fraction of sp³-hybridized carbons (Fsp3) is 0.286. The molecule has 0 radical (unpaired) electrons. The highest BCUT2D eigenvalue weighted by molar-refractivity contribution is 6.18. The number of nitrogens with zero attached hydrogens (tertiary/aromatic N) is 1. The summed E-state index contributed by atoms with van der Waals surface area (Å²) in [5.74, 6) is 0.338. The smallest absolute Gasteiger partial charge is 0.251 e. The Morgan fingerprint density at radius 2 is 2.28 bits per heavy atom. The van der Waals surface area contributed by atoms with E-state index < -0.39 is 0 Å². The lowest BCUT2D eigenvalue weighted by Crippen LogP contribution is -2.35. The number of alkyl halides is 1. The Morgan fingerprint density at radius 1 is 1.44 bits per heavy atom. The van der Waals surface area contributed by atoms with Crippen LogP contribution in [0.1, 0.15) is 23.7 Å². The van der Waals surface area contributed by atoms with Crippen molar-refractivity contribution in [3.05, 3.63) is 42.1 Å². The molecule has 0 saturated heterocycles. The molecule has 0 aliphatic heterocycles. The highest BCUT2D eigenvalue weighted by Crippen LogP contribution is 2.13. The second-order valence-electron chi connectivity index (χ2n) is 4.14. The highest BCUT2D eigenvalue weighted by atomic mass is 35.5. The van der Waals surface area contributed by atoms with Gasteiger partial charge in [-0.25, -0.2) is 0 Å². The van der Waals surface area contributed by atoms with Crippen molar-refractivity contribution >= 4 is 28.4 Å². The maximum atomic E-state index is 12.0. The summed E-state index contributed by atoms with van der Waals surface area (Å²) in [7, 11) is 0. The number of nitrogens with one attached hydrogen (secondary N) is 1. The predicted octanol–water partition coefficient (Wildman–Crippen LogP) is 2.98. The first-order valence-corrected chi connectivity index (χ1v) is 6.49. The number of rotatable bonds is 4. The summed E-state index contributed by atoms with van der Waals surface area (Å²) in [6, 6.07) is 9.30. The van der Waals surface area contributed by atoms with Gasteiger partial charge in [0, 0.05) is 29.1 Å². The largest absolute Gasteiger partial charge is 0.348 e. The van der Waals surface area contributed by atoms with Crippen LogP contribution in [-0.2, 0) is 0 Å². The van der Waals surface area contributed by atoms with E-state index in [0.29, 0.717) is 11.4 Å². The summed E-state index contributed by atoms with van der Waals surface area (Å²) in [6.45, 7) is 2.00. The van der Waals surface area contributed by atoms with E-state index in [1.165, 1.54) is 0 Å². The Kier molecular flexibility index (Phi) is 4.15. The molecule has 0 aliphatic carbocycles. The monoisotopic (exact) mass is 262 g/mol. The molecular formula is C14H15ClN2O. The van der Waals surface area contributed by atoms with Gasteiger partial charge in [0.25, 0.3) is 5.91 Å². The van der Waals surface area contributed by atoms with Crippen molar-refractivity contribution < 1.29 is 4.79 Å². The maximum absolute atomic E-state index is 12.0. The molecular weight excluding hydrogens is 248 g/mol. The molecule has 4 heteroatoms. The zero-order valence-corrected chi connectivity index (χ0v) is 10.9. The standard InChI is InChI=1S/C14H15ClN2O/c1-2-12(9-15)17-14(18)11-5-6-13-10(8-11)4-3-7-16-13/h3-8,12H,2,9H2,1H3,(H,17,18). The fourth-order valence-electron chi connectivity index (χ4n) is 1.74. The van der Waals surface area contributed by atoms with Gasteiger partial charge < -0.3 is 5.32 Å². The number of pyridine rings is 1. The predicted molar refractivity (Wildman–Crippen MR) is 74.0 cm³/mol. The molecule has 2 rings (SSSR count).